The highest BCUT2D eigenvalue weighted by molar-refractivity contribution is 5.74. The first kappa shape index (κ1) is 17.6. The van der Waals surface area contributed by atoms with E-state index in [1.54, 1.807) is 0 Å². The van der Waals surface area contributed by atoms with Gasteiger partial charge in [0.25, 0.3) is 0 Å². The van der Waals surface area contributed by atoms with Crippen LogP contribution >= 0.6 is 0 Å². The SMILES string of the molecule is Cc1cc(-c2c(C(C)C)cc(C(C)C)cc2C(C)C)ccc1O. The second kappa shape index (κ2) is 6.78. The maximum absolute atomic E-state index is 9.86. The molecule has 0 atom stereocenters. The largest absolute Gasteiger partial charge is 0.508 e. The van der Waals surface area contributed by atoms with Gasteiger partial charge in [0.15, 0.2) is 0 Å². The average molecular weight is 310 g/mol. The van der Waals surface area contributed by atoms with E-state index in [0.717, 1.165) is 5.56 Å². The Morgan fingerprint density at radius 1 is 0.739 bits per heavy atom. The van der Waals surface area contributed by atoms with E-state index in [9.17, 15) is 5.11 Å². The van der Waals surface area contributed by atoms with E-state index in [0.29, 0.717) is 23.5 Å². The Morgan fingerprint density at radius 3 is 1.65 bits per heavy atom. The van der Waals surface area contributed by atoms with E-state index in [-0.39, 0.29) is 0 Å². The highest BCUT2D eigenvalue weighted by Crippen LogP contribution is 2.39. The summed E-state index contributed by atoms with van der Waals surface area (Å²) in [6.45, 7) is 15.5. The molecule has 0 unspecified atom stereocenters. The zero-order valence-corrected chi connectivity index (χ0v) is 15.6. The molecule has 124 valence electrons. The standard InChI is InChI=1S/C22H30O/c1-13(2)18-11-19(14(3)4)22(20(12-18)15(5)6)17-8-9-21(23)16(7)10-17/h8-15,23H,1-7H3. The number of hydrogen-bond acceptors (Lipinski definition) is 1. The molecule has 0 aromatic heterocycles. The van der Waals surface area contributed by atoms with E-state index in [1.165, 1.54) is 27.8 Å². The number of rotatable bonds is 4. The minimum absolute atomic E-state index is 0.366. The molecule has 0 aliphatic heterocycles. The molecule has 0 heterocycles. The minimum atomic E-state index is 0.366. The van der Waals surface area contributed by atoms with Crippen LogP contribution in [-0.4, -0.2) is 5.11 Å². The number of phenolic OH excluding ortho intramolecular Hbond substituents is 1. The van der Waals surface area contributed by atoms with Gasteiger partial charge in [-0.1, -0.05) is 59.7 Å². The lowest BCUT2D eigenvalue weighted by molar-refractivity contribution is 0.471. The van der Waals surface area contributed by atoms with E-state index in [2.05, 4.69) is 59.7 Å². The molecule has 0 spiro atoms. The number of hydrogen-bond donors (Lipinski definition) is 1. The lowest BCUT2D eigenvalue weighted by atomic mass is 9.81. The fourth-order valence-electron chi connectivity index (χ4n) is 3.10. The van der Waals surface area contributed by atoms with Gasteiger partial charge in [-0.05, 0) is 70.2 Å². The summed E-state index contributed by atoms with van der Waals surface area (Å²) in [4.78, 5) is 0. The molecule has 1 N–H and O–H groups in total. The van der Waals surface area contributed by atoms with Crippen molar-refractivity contribution in [1.82, 2.24) is 0 Å². The summed E-state index contributed by atoms with van der Waals surface area (Å²) in [5.41, 5.74) is 7.72. The summed E-state index contributed by atoms with van der Waals surface area (Å²) in [7, 11) is 0. The Bertz CT molecular complexity index is 664. The molecule has 0 radical (unpaired) electrons. The minimum Gasteiger partial charge on any atom is -0.508 e. The summed E-state index contributed by atoms with van der Waals surface area (Å²) >= 11 is 0. The molecule has 0 aliphatic rings. The topological polar surface area (TPSA) is 20.2 Å². The van der Waals surface area contributed by atoms with Crippen molar-refractivity contribution in [3.05, 3.63) is 52.6 Å². The van der Waals surface area contributed by atoms with Crippen LogP contribution in [0.25, 0.3) is 11.1 Å². The first-order valence-corrected chi connectivity index (χ1v) is 8.70. The Labute approximate surface area is 141 Å². The quantitative estimate of drug-likeness (QED) is 0.663. The molecular formula is C22H30O. The van der Waals surface area contributed by atoms with Crippen LogP contribution in [0.5, 0.6) is 5.75 Å². The Kier molecular flexibility index (Phi) is 5.19. The molecule has 2 aromatic carbocycles. The predicted octanol–water partition coefficient (Wildman–Crippen LogP) is 6.74. The van der Waals surface area contributed by atoms with Crippen LogP contribution in [0.3, 0.4) is 0 Å². The third kappa shape index (κ3) is 3.60. The van der Waals surface area contributed by atoms with Crippen molar-refractivity contribution >= 4 is 0 Å². The van der Waals surface area contributed by atoms with Gasteiger partial charge >= 0.3 is 0 Å². The van der Waals surface area contributed by atoms with Crippen molar-refractivity contribution in [2.45, 2.75) is 66.2 Å². The fraction of sp³-hybridized carbons (Fsp3) is 0.455. The van der Waals surface area contributed by atoms with Crippen LogP contribution in [0.1, 0.15) is 81.5 Å². The van der Waals surface area contributed by atoms with Gasteiger partial charge in [-0.15, -0.1) is 0 Å². The molecule has 0 saturated heterocycles. The van der Waals surface area contributed by atoms with Gasteiger partial charge in [-0.3, -0.25) is 0 Å². The van der Waals surface area contributed by atoms with Gasteiger partial charge in [-0.25, -0.2) is 0 Å². The first-order valence-electron chi connectivity index (χ1n) is 8.70. The summed E-state index contributed by atoms with van der Waals surface area (Å²) < 4.78 is 0. The van der Waals surface area contributed by atoms with Crippen molar-refractivity contribution in [3.63, 3.8) is 0 Å². The third-order valence-electron chi connectivity index (χ3n) is 4.62. The van der Waals surface area contributed by atoms with Gasteiger partial charge in [-0.2, -0.15) is 0 Å². The number of phenols is 1. The molecule has 0 saturated carbocycles. The normalized spacial score (nSPS) is 11.7. The lowest BCUT2D eigenvalue weighted by Crippen LogP contribution is -2.03. The zero-order valence-electron chi connectivity index (χ0n) is 15.6. The monoisotopic (exact) mass is 310 g/mol. The van der Waals surface area contributed by atoms with E-state index in [1.807, 2.05) is 19.1 Å². The maximum atomic E-state index is 9.86. The Balaban J connectivity index is 2.80. The maximum Gasteiger partial charge on any atom is 0.118 e. The van der Waals surface area contributed by atoms with Gasteiger partial charge in [0.05, 0.1) is 0 Å². The van der Waals surface area contributed by atoms with Crippen molar-refractivity contribution in [2.24, 2.45) is 0 Å². The zero-order chi connectivity index (χ0) is 17.3. The lowest BCUT2D eigenvalue weighted by Gasteiger charge is -2.23. The van der Waals surface area contributed by atoms with Crippen molar-refractivity contribution in [3.8, 4) is 16.9 Å². The fourth-order valence-corrected chi connectivity index (χ4v) is 3.10. The molecule has 0 amide bonds. The van der Waals surface area contributed by atoms with Crippen LogP contribution in [0.2, 0.25) is 0 Å². The number of aromatic hydroxyl groups is 1. The number of benzene rings is 2. The van der Waals surface area contributed by atoms with Gasteiger partial charge in [0.2, 0.25) is 0 Å². The van der Waals surface area contributed by atoms with Gasteiger partial charge < -0.3 is 5.11 Å². The second-order valence-corrected chi connectivity index (χ2v) is 7.54. The van der Waals surface area contributed by atoms with Crippen molar-refractivity contribution in [2.75, 3.05) is 0 Å². The molecule has 0 aliphatic carbocycles. The van der Waals surface area contributed by atoms with Crippen LogP contribution < -0.4 is 0 Å². The smallest absolute Gasteiger partial charge is 0.118 e. The Morgan fingerprint density at radius 2 is 1.26 bits per heavy atom. The molecule has 23 heavy (non-hydrogen) atoms. The van der Waals surface area contributed by atoms with Crippen LogP contribution in [0, 0.1) is 6.92 Å². The van der Waals surface area contributed by atoms with Gasteiger partial charge in [0.1, 0.15) is 5.75 Å². The summed E-state index contributed by atoms with van der Waals surface area (Å²) in [6, 6.07) is 10.7. The third-order valence-corrected chi connectivity index (χ3v) is 4.62. The van der Waals surface area contributed by atoms with Crippen molar-refractivity contribution < 1.29 is 5.11 Å². The number of aryl methyl sites for hydroxylation is 1. The summed E-state index contributed by atoms with van der Waals surface area (Å²) in [5, 5.41) is 9.86. The average Bonchev–Trinajstić information content (AvgIpc) is 2.48. The van der Waals surface area contributed by atoms with Crippen LogP contribution in [0.15, 0.2) is 30.3 Å². The van der Waals surface area contributed by atoms with Gasteiger partial charge in [0, 0.05) is 0 Å². The van der Waals surface area contributed by atoms with E-state index < -0.39 is 0 Å². The van der Waals surface area contributed by atoms with Crippen LogP contribution in [0.4, 0.5) is 0 Å². The Hall–Kier alpha value is -1.76. The molecule has 1 heteroatoms. The first-order chi connectivity index (χ1) is 10.7. The second-order valence-electron chi connectivity index (χ2n) is 7.54. The summed E-state index contributed by atoms with van der Waals surface area (Å²) in [5.74, 6) is 1.83. The molecule has 2 aromatic rings. The molecular weight excluding hydrogens is 280 g/mol. The summed E-state index contributed by atoms with van der Waals surface area (Å²) in [6.07, 6.45) is 0. The molecule has 0 fully saturated rings. The highest BCUT2D eigenvalue weighted by atomic mass is 16.3. The highest BCUT2D eigenvalue weighted by Gasteiger charge is 2.18. The van der Waals surface area contributed by atoms with E-state index in [4.69, 9.17) is 0 Å². The van der Waals surface area contributed by atoms with E-state index >= 15 is 0 Å². The van der Waals surface area contributed by atoms with Crippen molar-refractivity contribution in [1.29, 1.82) is 0 Å². The molecule has 2 rings (SSSR count). The van der Waals surface area contributed by atoms with Crippen LogP contribution in [-0.2, 0) is 0 Å². The predicted molar refractivity (Wildman–Crippen MR) is 101 cm³/mol. The molecule has 0 bridgehead atoms. The molecule has 1 nitrogen and oxygen atoms in total.